The Morgan fingerprint density at radius 2 is 1.43 bits per heavy atom. The van der Waals surface area contributed by atoms with Crippen LogP contribution in [0.3, 0.4) is 0 Å². The van der Waals surface area contributed by atoms with E-state index >= 15 is 0 Å². The van der Waals surface area contributed by atoms with Gasteiger partial charge < -0.3 is 18.9 Å². The van der Waals surface area contributed by atoms with E-state index < -0.39 is 23.7 Å². The minimum absolute atomic E-state index is 0.227. The van der Waals surface area contributed by atoms with E-state index in [0.717, 1.165) is 74.8 Å². The number of hydrogen-bond acceptors (Lipinski definition) is 6. The van der Waals surface area contributed by atoms with E-state index in [1.165, 1.54) is 10.5 Å². The van der Waals surface area contributed by atoms with Gasteiger partial charge in [0, 0.05) is 20.1 Å². The van der Waals surface area contributed by atoms with Gasteiger partial charge in [-0.15, -0.1) is 0 Å². The summed E-state index contributed by atoms with van der Waals surface area (Å²) in [6.07, 6.45) is 11.6. The van der Waals surface area contributed by atoms with Gasteiger partial charge >= 0.3 is 12.1 Å². The molecular weight excluding hydrogens is 638 g/mol. The van der Waals surface area contributed by atoms with Crippen LogP contribution in [0.5, 0.6) is 5.75 Å². The predicted molar refractivity (Wildman–Crippen MR) is 206 cm³/mol. The largest absolute Gasteiger partial charge is 0.489 e. The quantitative estimate of drug-likeness (QED) is 0.0590. The van der Waals surface area contributed by atoms with Crippen molar-refractivity contribution in [1.29, 1.82) is 0 Å². The molecule has 0 aliphatic rings. The highest BCUT2D eigenvalue weighted by Crippen LogP contribution is 2.22. The van der Waals surface area contributed by atoms with Crippen LogP contribution in [0, 0.1) is 5.92 Å². The van der Waals surface area contributed by atoms with E-state index in [1.54, 1.807) is 7.05 Å². The summed E-state index contributed by atoms with van der Waals surface area (Å²) in [5.74, 6) is 0.677. The minimum Gasteiger partial charge on any atom is -0.489 e. The normalized spacial score (nSPS) is 13.4. The Balaban J connectivity index is 1.59. The summed E-state index contributed by atoms with van der Waals surface area (Å²) in [5.41, 5.74) is 2.48. The van der Waals surface area contributed by atoms with Crippen LogP contribution in [0.25, 0.3) is 0 Å². The maximum absolute atomic E-state index is 13.9. The number of esters is 1. The number of ether oxygens (including phenoxy) is 4. The molecule has 0 bridgehead atoms. The standard InChI is InChI=1S/C44H61NO6/c1-7-8-12-24-40(28-25-35(2)19-13-11-18-31-48-33-37-20-14-9-15-21-37)50-42(46)41(45(6)43(47)51-44(3,4)5)32-36-26-29-39(30-27-36)49-34-38-22-16-10-17-23-38/h9-10,13-17,19-23,26-27,29-30,35,40-41H,7-8,11-12,18,24-25,28,31-34H2,1-6H3/b19-13+/t35-,40-,41+/m1/s1. The third kappa shape index (κ3) is 17.1. The fraction of sp³-hybridized carbons (Fsp3) is 0.500. The minimum atomic E-state index is -0.842. The van der Waals surface area contributed by atoms with Crippen LogP contribution >= 0.6 is 0 Å². The van der Waals surface area contributed by atoms with Crippen molar-refractivity contribution in [2.24, 2.45) is 5.92 Å². The fourth-order valence-corrected chi connectivity index (χ4v) is 5.59. The van der Waals surface area contributed by atoms with Gasteiger partial charge in [-0.25, -0.2) is 9.59 Å². The molecule has 7 heteroatoms. The Kier molecular flexibility index (Phi) is 18.4. The second-order valence-corrected chi connectivity index (χ2v) is 14.4. The van der Waals surface area contributed by atoms with Gasteiger partial charge in [0.15, 0.2) is 0 Å². The van der Waals surface area contributed by atoms with Gasteiger partial charge in [-0.3, -0.25) is 4.90 Å². The molecule has 1 amide bonds. The number of benzene rings is 3. The number of likely N-dealkylation sites (N-methyl/N-ethyl adjacent to an activating group) is 1. The van der Waals surface area contributed by atoms with Gasteiger partial charge in [0.1, 0.15) is 30.1 Å². The van der Waals surface area contributed by atoms with Crippen LogP contribution in [0.15, 0.2) is 97.1 Å². The first-order chi connectivity index (χ1) is 24.5. The molecule has 7 nitrogen and oxygen atoms in total. The van der Waals surface area contributed by atoms with E-state index in [1.807, 2.05) is 93.6 Å². The maximum atomic E-state index is 13.9. The number of rotatable bonds is 22. The molecule has 3 aromatic carbocycles. The summed E-state index contributed by atoms with van der Waals surface area (Å²) in [7, 11) is 1.61. The molecule has 0 aliphatic heterocycles. The van der Waals surface area contributed by atoms with Crippen molar-refractivity contribution in [2.75, 3.05) is 13.7 Å². The number of carbonyl (C=O) groups is 2. The van der Waals surface area contributed by atoms with E-state index in [4.69, 9.17) is 18.9 Å². The van der Waals surface area contributed by atoms with Crippen LogP contribution in [0.1, 0.15) is 103 Å². The van der Waals surface area contributed by atoms with E-state index in [2.05, 4.69) is 38.1 Å². The fourth-order valence-electron chi connectivity index (χ4n) is 5.59. The number of amides is 1. The molecule has 0 heterocycles. The van der Waals surface area contributed by atoms with Gasteiger partial charge in [-0.2, -0.15) is 0 Å². The third-order valence-corrected chi connectivity index (χ3v) is 8.61. The Morgan fingerprint density at radius 3 is 2.06 bits per heavy atom. The molecule has 3 rings (SSSR count). The van der Waals surface area contributed by atoms with Crippen molar-refractivity contribution < 1.29 is 28.5 Å². The summed E-state index contributed by atoms with van der Waals surface area (Å²) in [6.45, 7) is 11.7. The molecule has 0 spiro atoms. The molecule has 0 aromatic heterocycles. The summed E-state index contributed by atoms with van der Waals surface area (Å²) in [4.78, 5) is 28.5. The second kappa shape index (κ2) is 22.7. The number of allylic oxidation sites excluding steroid dienone is 2. The summed E-state index contributed by atoms with van der Waals surface area (Å²) < 4.78 is 23.7. The van der Waals surface area contributed by atoms with Crippen molar-refractivity contribution >= 4 is 12.1 Å². The zero-order valence-electron chi connectivity index (χ0n) is 31.9. The molecule has 0 unspecified atom stereocenters. The zero-order chi connectivity index (χ0) is 36.9. The van der Waals surface area contributed by atoms with Crippen LogP contribution in [0.4, 0.5) is 4.79 Å². The average molecular weight is 700 g/mol. The van der Waals surface area contributed by atoms with Gasteiger partial charge in [-0.05, 0) is 94.0 Å². The topological polar surface area (TPSA) is 74.3 Å². The van der Waals surface area contributed by atoms with Crippen molar-refractivity contribution in [3.8, 4) is 5.75 Å². The predicted octanol–water partition coefficient (Wildman–Crippen LogP) is 10.5. The lowest BCUT2D eigenvalue weighted by Crippen LogP contribution is -2.47. The average Bonchev–Trinajstić information content (AvgIpc) is 3.12. The smallest absolute Gasteiger partial charge is 0.410 e. The molecule has 51 heavy (non-hydrogen) atoms. The lowest BCUT2D eigenvalue weighted by atomic mass is 9.98. The second-order valence-electron chi connectivity index (χ2n) is 14.4. The van der Waals surface area contributed by atoms with Crippen LogP contribution in [0.2, 0.25) is 0 Å². The molecule has 0 N–H and O–H groups in total. The Labute approximate surface area is 307 Å². The molecule has 3 aromatic rings. The lowest BCUT2D eigenvalue weighted by molar-refractivity contribution is -0.155. The summed E-state index contributed by atoms with van der Waals surface area (Å²) in [5, 5.41) is 0. The highest BCUT2D eigenvalue weighted by molar-refractivity contribution is 5.82. The van der Waals surface area contributed by atoms with Gasteiger partial charge in [-0.1, -0.05) is 112 Å². The van der Waals surface area contributed by atoms with Gasteiger partial charge in [0.2, 0.25) is 0 Å². The molecule has 3 atom stereocenters. The maximum Gasteiger partial charge on any atom is 0.410 e. The number of carbonyl (C=O) groups excluding carboxylic acids is 2. The van der Waals surface area contributed by atoms with E-state index in [0.29, 0.717) is 25.6 Å². The highest BCUT2D eigenvalue weighted by Gasteiger charge is 2.33. The molecule has 0 radical (unpaired) electrons. The van der Waals surface area contributed by atoms with Crippen molar-refractivity contribution in [3.05, 3.63) is 114 Å². The van der Waals surface area contributed by atoms with E-state index in [9.17, 15) is 9.59 Å². The highest BCUT2D eigenvalue weighted by atomic mass is 16.6. The number of nitrogens with zero attached hydrogens (tertiary/aromatic N) is 1. The van der Waals surface area contributed by atoms with Crippen LogP contribution in [-0.4, -0.2) is 48.4 Å². The first kappa shape index (κ1) is 41.3. The van der Waals surface area contributed by atoms with Crippen molar-refractivity contribution in [2.45, 2.75) is 123 Å². The molecule has 0 saturated heterocycles. The number of hydrogen-bond donors (Lipinski definition) is 0. The van der Waals surface area contributed by atoms with Crippen molar-refractivity contribution in [1.82, 2.24) is 4.90 Å². The summed E-state index contributed by atoms with van der Waals surface area (Å²) in [6, 6.07) is 27.1. The molecule has 0 saturated carbocycles. The summed E-state index contributed by atoms with van der Waals surface area (Å²) >= 11 is 0. The Morgan fingerprint density at radius 1 is 0.784 bits per heavy atom. The molecule has 0 aliphatic carbocycles. The Bertz CT molecular complexity index is 1420. The SMILES string of the molecule is CCCCC[C@H](CC[C@H](C)/C=C/CCCOCc1ccccc1)OC(=O)[C@H](Cc1ccc(OCc2ccccc2)cc1)N(C)C(=O)OC(C)(C)C. The van der Waals surface area contributed by atoms with Crippen LogP contribution < -0.4 is 4.74 Å². The monoisotopic (exact) mass is 699 g/mol. The van der Waals surface area contributed by atoms with Gasteiger partial charge in [0.05, 0.1) is 6.61 Å². The van der Waals surface area contributed by atoms with E-state index in [-0.39, 0.29) is 6.10 Å². The molecular formula is C44H61NO6. The third-order valence-electron chi connectivity index (χ3n) is 8.61. The molecule has 0 fully saturated rings. The van der Waals surface area contributed by atoms with Crippen LogP contribution in [-0.2, 0) is 38.6 Å². The lowest BCUT2D eigenvalue weighted by Gasteiger charge is -2.31. The van der Waals surface area contributed by atoms with Crippen molar-refractivity contribution in [3.63, 3.8) is 0 Å². The van der Waals surface area contributed by atoms with Gasteiger partial charge in [0.25, 0.3) is 0 Å². The first-order valence-electron chi connectivity index (χ1n) is 18.7. The zero-order valence-corrected chi connectivity index (χ0v) is 31.9. The number of unbranched alkanes of at least 4 members (excludes halogenated alkanes) is 3. The molecule has 278 valence electrons. The Hall–Kier alpha value is -4.10. The first-order valence-corrected chi connectivity index (χ1v) is 18.7.